The smallest absolute Gasteiger partial charge is 0.412 e. The van der Waals surface area contributed by atoms with Crippen LogP contribution in [0.5, 0.6) is 11.6 Å². The SMILES string of the molecule is CC(C)OC(=O)Nc1c(N)nc(-n2nc(Oc3ccccc3F)c3ccccc32)nc1N. The number of ether oxygens (including phenoxy) is 2. The molecular formula is C21H20FN7O3. The lowest BCUT2D eigenvalue weighted by Gasteiger charge is -2.13. The number of anilines is 3. The number of nitrogens with one attached hydrogen (secondary N) is 1. The van der Waals surface area contributed by atoms with E-state index in [2.05, 4.69) is 20.4 Å². The highest BCUT2D eigenvalue weighted by molar-refractivity contribution is 5.92. The summed E-state index contributed by atoms with van der Waals surface area (Å²) in [6.07, 6.45) is -1.07. The molecule has 0 saturated carbocycles. The Hall–Kier alpha value is -4.41. The van der Waals surface area contributed by atoms with Gasteiger partial charge in [-0.25, -0.2) is 9.18 Å². The number of aromatic nitrogens is 4. The van der Waals surface area contributed by atoms with Crippen LogP contribution >= 0.6 is 0 Å². The number of benzene rings is 2. The van der Waals surface area contributed by atoms with E-state index in [1.807, 2.05) is 0 Å². The van der Waals surface area contributed by atoms with Crippen LogP contribution < -0.4 is 21.5 Å². The predicted octanol–water partition coefficient (Wildman–Crippen LogP) is 3.87. The van der Waals surface area contributed by atoms with Crippen molar-refractivity contribution in [2.75, 3.05) is 16.8 Å². The lowest BCUT2D eigenvalue weighted by Crippen LogP contribution is -2.21. The predicted molar refractivity (Wildman–Crippen MR) is 117 cm³/mol. The Bertz CT molecular complexity index is 1280. The number of carbonyl (C=O) groups is 1. The Balaban J connectivity index is 1.74. The molecule has 0 aliphatic heterocycles. The first-order valence-electron chi connectivity index (χ1n) is 9.64. The molecule has 0 fully saturated rings. The first kappa shape index (κ1) is 20.8. The van der Waals surface area contributed by atoms with Crippen LogP contribution in [0.3, 0.4) is 0 Å². The zero-order chi connectivity index (χ0) is 22.8. The number of rotatable bonds is 5. The van der Waals surface area contributed by atoms with Gasteiger partial charge in [0, 0.05) is 0 Å². The number of carbonyl (C=O) groups excluding carboxylic acids is 1. The van der Waals surface area contributed by atoms with Crippen LogP contribution in [0.4, 0.5) is 26.5 Å². The van der Waals surface area contributed by atoms with E-state index in [-0.39, 0.29) is 41.0 Å². The molecule has 0 aliphatic rings. The Morgan fingerprint density at radius 3 is 2.41 bits per heavy atom. The highest BCUT2D eigenvalue weighted by Gasteiger charge is 2.20. The zero-order valence-corrected chi connectivity index (χ0v) is 17.2. The second-order valence-electron chi connectivity index (χ2n) is 7.01. The third kappa shape index (κ3) is 4.08. The molecule has 164 valence electrons. The minimum atomic E-state index is -0.736. The molecule has 4 rings (SSSR count). The number of halogens is 1. The van der Waals surface area contributed by atoms with E-state index < -0.39 is 11.9 Å². The molecule has 32 heavy (non-hydrogen) atoms. The van der Waals surface area contributed by atoms with Gasteiger partial charge in [-0.05, 0) is 38.1 Å². The molecule has 2 heterocycles. The van der Waals surface area contributed by atoms with E-state index in [0.717, 1.165) is 0 Å². The van der Waals surface area contributed by atoms with Gasteiger partial charge in [-0.2, -0.15) is 14.6 Å². The first-order valence-corrected chi connectivity index (χ1v) is 9.64. The maximum absolute atomic E-state index is 14.1. The number of para-hydroxylation sites is 2. The summed E-state index contributed by atoms with van der Waals surface area (Å²) in [6.45, 7) is 3.41. The third-order valence-electron chi connectivity index (χ3n) is 4.31. The molecule has 0 atom stereocenters. The number of nitrogen functional groups attached to an aromatic ring is 2. The van der Waals surface area contributed by atoms with Crippen molar-refractivity contribution in [2.45, 2.75) is 20.0 Å². The average Bonchev–Trinajstić information content (AvgIpc) is 3.10. The Morgan fingerprint density at radius 1 is 1.06 bits per heavy atom. The van der Waals surface area contributed by atoms with Gasteiger partial charge in [0.05, 0.1) is 17.0 Å². The highest BCUT2D eigenvalue weighted by atomic mass is 19.1. The monoisotopic (exact) mass is 437 g/mol. The van der Waals surface area contributed by atoms with Gasteiger partial charge in [-0.1, -0.05) is 24.3 Å². The highest BCUT2D eigenvalue weighted by Crippen LogP contribution is 2.32. The van der Waals surface area contributed by atoms with Crippen LogP contribution in [-0.4, -0.2) is 31.9 Å². The maximum atomic E-state index is 14.1. The van der Waals surface area contributed by atoms with Crippen LogP contribution in [0.1, 0.15) is 13.8 Å². The third-order valence-corrected chi connectivity index (χ3v) is 4.31. The fourth-order valence-corrected chi connectivity index (χ4v) is 2.95. The molecule has 5 N–H and O–H groups in total. The number of amides is 1. The van der Waals surface area contributed by atoms with Crippen molar-refractivity contribution >= 4 is 34.3 Å². The van der Waals surface area contributed by atoms with Gasteiger partial charge in [0.25, 0.3) is 5.95 Å². The van der Waals surface area contributed by atoms with Gasteiger partial charge >= 0.3 is 6.09 Å². The molecule has 0 radical (unpaired) electrons. The zero-order valence-electron chi connectivity index (χ0n) is 17.2. The second-order valence-corrected chi connectivity index (χ2v) is 7.01. The molecule has 2 aromatic heterocycles. The second kappa shape index (κ2) is 8.38. The van der Waals surface area contributed by atoms with Crippen LogP contribution in [0.2, 0.25) is 0 Å². The fourth-order valence-electron chi connectivity index (χ4n) is 2.95. The number of hydrogen-bond acceptors (Lipinski definition) is 8. The van der Waals surface area contributed by atoms with E-state index in [1.54, 1.807) is 50.2 Å². The summed E-state index contributed by atoms with van der Waals surface area (Å²) in [7, 11) is 0. The van der Waals surface area contributed by atoms with E-state index in [1.165, 1.54) is 16.8 Å². The molecule has 0 aliphatic carbocycles. The molecular weight excluding hydrogens is 417 g/mol. The van der Waals surface area contributed by atoms with E-state index >= 15 is 0 Å². The first-order chi connectivity index (χ1) is 15.3. The number of nitrogens with zero attached hydrogens (tertiary/aromatic N) is 4. The van der Waals surface area contributed by atoms with Crippen LogP contribution in [0.15, 0.2) is 48.5 Å². The molecule has 10 nitrogen and oxygen atoms in total. The molecule has 4 aromatic rings. The molecule has 0 spiro atoms. The molecule has 2 aromatic carbocycles. The Labute approximate surface area is 182 Å². The Morgan fingerprint density at radius 2 is 1.72 bits per heavy atom. The number of hydrogen-bond donors (Lipinski definition) is 3. The fraction of sp³-hybridized carbons (Fsp3) is 0.143. The normalized spacial score (nSPS) is 11.0. The van der Waals surface area contributed by atoms with Gasteiger partial charge < -0.3 is 20.9 Å². The topological polar surface area (TPSA) is 143 Å². The summed E-state index contributed by atoms with van der Waals surface area (Å²) in [5.74, 6) is -0.476. The molecule has 0 bridgehead atoms. The quantitative estimate of drug-likeness (QED) is 0.427. The van der Waals surface area contributed by atoms with Crippen molar-refractivity contribution < 1.29 is 18.7 Å². The Kier molecular flexibility index (Phi) is 5.46. The van der Waals surface area contributed by atoms with Crippen molar-refractivity contribution in [1.29, 1.82) is 0 Å². The van der Waals surface area contributed by atoms with Gasteiger partial charge in [0.15, 0.2) is 23.2 Å². The van der Waals surface area contributed by atoms with Crippen molar-refractivity contribution in [2.24, 2.45) is 0 Å². The molecule has 0 saturated heterocycles. The minimum absolute atomic E-state index is 0.0195. The van der Waals surface area contributed by atoms with Gasteiger partial charge in [-0.3, -0.25) is 5.32 Å². The van der Waals surface area contributed by atoms with Crippen LogP contribution in [-0.2, 0) is 4.74 Å². The molecule has 11 heteroatoms. The summed E-state index contributed by atoms with van der Waals surface area (Å²) in [6, 6.07) is 13.1. The minimum Gasteiger partial charge on any atom is -0.447 e. The lowest BCUT2D eigenvalue weighted by molar-refractivity contribution is 0.130. The van der Waals surface area contributed by atoms with Gasteiger partial charge in [0.1, 0.15) is 5.69 Å². The number of fused-ring (bicyclic) bond motifs is 1. The standard InChI is InChI=1S/C21H20FN7O3/c1-11(2)31-21(30)25-16-17(23)26-20(27-18(16)24)29-14-9-5-3-7-12(14)19(28-29)32-15-10-6-4-8-13(15)22/h3-11H,1-2H3,(H,25,30)(H4,23,24,26,27). The van der Waals surface area contributed by atoms with E-state index in [9.17, 15) is 9.18 Å². The van der Waals surface area contributed by atoms with Crippen LogP contribution in [0, 0.1) is 5.82 Å². The van der Waals surface area contributed by atoms with Crippen molar-refractivity contribution in [1.82, 2.24) is 19.7 Å². The van der Waals surface area contributed by atoms with E-state index in [4.69, 9.17) is 20.9 Å². The summed E-state index contributed by atoms with van der Waals surface area (Å²) < 4.78 is 26.2. The summed E-state index contributed by atoms with van der Waals surface area (Å²) in [4.78, 5) is 20.3. The van der Waals surface area contributed by atoms with Crippen LogP contribution in [0.25, 0.3) is 16.9 Å². The average molecular weight is 437 g/mol. The lowest BCUT2D eigenvalue weighted by atomic mass is 10.2. The van der Waals surface area contributed by atoms with Crippen molar-refractivity contribution in [3.63, 3.8) is 0 Å². The molecule has 1 amide bonds. The van der Waals surface area contributed by atoms with Gasteiger partial charge in [-0.15, -0.1) is 5.10 Å². The molecule has 0 unspecified atom stereocenters. The summed E-state index contributed by atoms with van der Waals surface area (Å²) in [5.41, 5.74) is 12.6. The largest absolute Gasteiger partial charge is 0.447 e. The van der Waals surface area contributed by atoms with E-state index in [0.29, 0.717) is 10.9 Å². The number of nitrogens with two attached hydrogens (primary N) is 2. The van der Waals surface area contributed by atoms with Crippen molar-refractivity contribution in [3.05, 3.63) is 54.3 Å². The van der Waals surface area contributed by atoms with Gasteiger partial charge in [0.2, 0.25) is 5.88 Å². The summed E-state index contributed by atoms with van der Waals surface area (Å²) >= 11 is 0. The summed E-state index contributed by atoms with van der Waals surface area (Å²) in [5, 5.41) is 7.42. The van der Waals surface area contributed by atoms with Crippen molar-refractivity contribution in [3.8, 4) is 17.6 Å². The maximum Gasteiger partial charge on any atom is 0.412 e.